The van der Waals surface area contributed by atoms with Crippen molar-refractivity contribution in [2.45, 2.75) is 136 Å². The molecule has 0 heterocycles. The minimum Gasteiger partial charge on any atom is -0.462 e. The lowest BCUT2D eigenvalue weighted by molar-refractivity contribution is -0.161. The quantitative estimate of drug-likeness (QED) is 0.0563. The number of aliphatic hydroxyl groups is 1. The number of allylic oxidation sites excluding steroid dienone is 12. The summed E-state index contributed by atoms with van der Waals surface area (Å²) in [4.78, 5) is 24.0. The Morgan fingerprint density at radius 3 is 1.50 bits per heavy atom. The van der Waals surface area contributed by atoms with Crippen LogP contribution in [0.2, 0.25) is 0 Å². The van der Waals surface area contributed by atoms with Gasteiger partial charge in [-0.15, -0.1) is 0 Å². The van der Waals surface area contributed by atoms with Crippen molar-refractivity contribution in [2.24, 2.45) is 0 Å². The van der Waals surface area contributed by atoms with Crippen LogP contribution in [0.4, 0.5) is 0 Å². The van der Waals surface area contributed by atoms with Crippen molar-refractivity contribution in [3.8, 4) is 0 Å². The van der Waals surface area contributed by atoms with Crippen LogP contribution in [0.3, 0.4) is 0 Å². The Bertz CT molecular complexity index is 803. The Kier molecular flexibility index (Phi) is 30.8. The van der Waals surface area contributed by atoms with E-state index in [0.717, 1.165) is 57.8 Å². The summed E-state index contributed by atoms with van der Waals surface area (Å²) in [5, 5.41) is 9.47. The smallest absolute Gasteiger partial charge is 0.306 e. The molecule has 0 saturated carbocycles. The zero-order valence-corrected chi connectivity index (χ0v) is 26.7. The molecular weight excluding hydrogens is 524 g/mol. The minimum atomic E-state index is -0.810. The van der Waals surface area contributed by atoms with Crippen molar-refractivity contribution in [3.05, 3.63) is 72.9 Å². The van der Waals surface area contributed by atoms with Crippen LogP contribution in [0.25, 0.3) is 0 Å². The van der Waals surface area contributed by atoms with Crippen LogP contribution < -0.4 is 0 Å². The van der Waals surface area contributed by atoms with Crippen LogP contribution >= 0.6 is 0 Å². The molecule has 0 aromatic carbocycles. The summed E-state index contributed by atoms with van der Waals surface area (Å²) in [5.41, 5.74) is 0. The van der Waals surface area contributed by atoms with Gasteiger partial charge in [0.1, 0.15) is 6.61 Å². The molecular formula is C37H60O5. The van der Waals surface area contributed by atoms with E-state index in [0.29, 0.717) is 12.8 Å². The molecule has 0 aromatic rings. The number of unbranched alkanes of at least 4 members (excludes halogenated alkanes) is 8. The maximum Gasteiger partial charge on any atom is 0.306 e. The maximum atomic E-state index is 12.1. The molecule has 0 saturated heterocycles. The highest BCUT2D eigenvalue weighted by molar-refractivity contribution is 5.70. The second kappa shape index (κ2) is 32.8. The number of hydrogen-bond donors (Lipinski definition) is 1. The van der Waals surface area contributed by atoms with E-state index in [4.69, 9.17) is 9.47 Å². The van der Waals surface area contributed by atoms with E-state index in [1.54, 1.807) is 0 Å². The van der Waals surface area contributed by atoms with Crippen molar-refractivity contribution in [1.29, 1.82) is 0 Å². The summed E-state index contributed by atoms with van der Waals surface area (Å²) in [7, 11) is 0. The molecule has 42 heavy (non-hydrogen) atoms. The number of rotatable bonds is 28. The molecule has 5 nitrogen and oxygen atoms in total. The Labute approximate surface area is 257 Å². The molecule has 0 unspecified atom stereocenters. The van der Waals surface area contributed by atoms with E-state index >= 15 is 0 Å². The lowest BCUT2D eigenvalue weighted by Gasteiger charge is -2.15. The van der Waals surface area contributed by atoms with Crippen LogP contribution in [0.1, 0.15) is 129 Å². The summed E-state index contributed by atoms with van der Waals surface area (Å²) >= 11 is 0. The lowest BCUT2D eigenvalue weighted by atomic mass is 10.1. The maximum absolute atomic E-state index is 12.1. The average Bonchev–Trinajstić information content (AvgIpc) is 2.99. The summed E-state index contributed by atoms with van der Waals surface area (Å²) < 4.78 is 10.5. The third-order valence-corrected chi connectivity index (χ3v) is 6.53. The molecule has 0 fully saturated rings. The number of aliphatic hydroxyl groups excluding tert-OH is 1. The Morgan fingerprint density at radius 1 is 0.571 bits per heavy atom. The van der Waals surface area contributed by atoms with Gasteiger partial charge in [-0.05, 0) is 51.4 Å². The molecule has 0 bridgehead atoms. The van der Waals surface area contributed by atoms with E-state index < -0.39 is 12.1 Å². The van der Waals surface area contributed by atoms with Gasteiger partial charge in [0, 0.05) is 12.8 Å². The highest BCUT2D eigenvalue weighted by atomic mass is 16.6. The number of carbonyl (C=O) groups excluding carboxylic acids is 2. The van der Waals surface area contributed by atoms with Gasteiger partial charge in [0.25, 0.3) is 0 Å². The van der Waals surface area contributed by atoms with Crippen LogP contribution in [-0.2, 0) is 19.1 Å². The first-order chi connectivity index (χ1) is 20.6. The molecule has 1 atom stereocenters. The van der Waals surface area contributed by atoms with Crippen LogP contribution in [0.5, 0.6) is 0 Å². The predicted octanol–water partition coefficient (Wildman–Crippen LogP) is 9.83. The standard InChI is InChI=1S/C37H60O5/c1-3-5-7-9-11-13-14-15-16-17-18-19-20-21-22-24-26-28-30-32-37(40)42-35(33-38)34-41-36(39)31-29-27-25-23-12-10-8-6-4-2/h5,7,11,13,15-16,18-19,21-22,26,28,35,38H,3-4,6,8-10,12,14,17,20,23-25,27,29-34H2,1-2H3/b7-5-,13-11-,16-15-,19-18-,22-21-,28-26-/t35-/m0/s1. The number of esters is 2. The van der Waals surface area contributed by atoms with Crippen LogP contribution in [-0.4, -0.2) is 36.4 Å². The molecule has 0 amide bonds. The van der Waals surface area contributed by atoms with E-state index in [2.05, 4.69) is 74.6 Å². The Balaban J connectivity index is 3.78. The van der Waals surface area contributed by atoms with E-state index in [-0.39, 0.29) is 25.6 Å². The molecule has 0 rings (SSSR count). The summed E-state index contributed by atoms with van der Waals surface area (Å²) in [6.45, 7) is 3.91. The summed E-state index contributed by atoms with van der Waals surface area (Å²) in [6.07, 6.45) is 42.5. The first-order valence-electron chi connectivity index (χ1n) is 16.5. The second-order valence-electron chi connectivity index (χ2n) is 10.5. The zero-order valence-electron chi connectivity index (χ0n) is 26.7. The highest BCUT2D eigenvalue weighted by Crippen LogP contribution is 2.11. The normalized spacial score (nSPS) is 13.1. The molecule has 0 aliphatic carbocycles. The molecule has 0 spiro atoms. The SMILES string of the molecule is CC/C=C\C/C=C\C/C=C\C/C=C\C/C=C\C/C=C\CCC(=O)O[C@@H](CO)COC(=O)CCCCCCCCCCC. The van der Waals surface area contributed by atoms with Crippen molar-refractivity contribution >= 4 is 11.9 Å². The number of ether oxygens (including phenoxy) is 2. The van der Waals surface area contributed by atoms with Crippen LogP contribution in [0, 0.1) is 0 Å². The fourth-order valence-corrected chi connectivity index (χ4v) is 4.05. The molecule has 0 aliphatic heterocycles. The third kappa shape index (κ3) is 30.3. The van der Waals surface area contributed by atoms with E-state index in [9.17, 15) is 14.7 Å². The molecule has 0 aliphatic rings. The zero-order chi connectivity index (χ0) is 30.8. The van der Waals surface area contributed by atoms with Crippen LogP contribution in [0.15, 0.2) is 72.9 Å². The fourth-order valence-electron chi connectivity index (χ4n) is 4.05. The monoisotopic (exact) mass is 584 g/mol. The molecule has 1 N–H and O–H groups in total. The van der Waals surface area contributed by atoms with Gasteiger partial charge in [0.15, 0.2) is 6.10 Å². The topological polar surface area (TPSA) is 72.8 Å². The Hall–Kier alpha value is -2.66. The van der Waals surface area contributed by atoms with E-state index in [1.165, 1.54) is 38.5 Å². The second-order valence-corrected chi connectivity index (χ2v) is 10.5. The molecule has 0 aromatic heterocycles. The van der Waals surface area contributed by atoms with Gasteiger partial charge in [-0.1, -0.05) is 138 Å². The van der Waals surface area contributed by atoms with Crippen molar-refractivity contribution < 1.29 is 24.2 Å². The van der Waals surface area contributed by atoms with Gasteiger partial charge in [-0.2, -0.15) is 0 Å². The van der Waals surface area contributed by atoms with Crippen molar-refractivity contribution in [3.63, 3.8) is 0 Å². The average molecular weight is 585 g/mol. The number of hydrogen-bond acceptors (Lipinski definition) is 5. The summed E-state index contributed by atoms with van der Waals surface area (Å²) in [6, 6.07) is 0. The summed E-state index contributed by atoms with van der Waals surface area (Å²) in [5.74, 6) is -0.700. The van der Waals surface area contributed by atoms with Gasteiger partial charge in [0.2, 0.25) is 0 Å². The Morgan fingerprint density at radius 2 is 1.02 bits per heavy atom. The molecule has 5 heteroatoms. The molecule has 0 radical (unpaired) electrons. The highest BCUT2D eigenvalue weighted by Gasteiger charge is 2.15. The lowest BCUT2D eigenvalue weighted by Crippen LogP contribution is -2.28. The van der Waals surface area contributed by atoms with Gasteiger partial charge in [0.05, 0.1) is 6.61 Å². The fraction of sp³-hybridized carbons (Fsp3) is 0.622. The van der Waals surface area contributed by atoms with Gasteiger partial charge in [-0.3, -0.25) is 9.59 Å². The largest absolute Gasteiger partial charge is 0.462 e. The third-order valence-electron chi connectivity index (χ3n) is 6.53. The van der Waals surface area contributed by atoms with Gasteiger partial charge < -0.3 is 14.6 Å². The predicted molar refractivity (Wildman–Crippen MR) is 177 cm³/mol. The first-order valence-corrected chi connectivity index (χ1v) is 16.5. The number of carbonyl (C=O) groups is 2. The van der Waals surface area contributed by atoms with Gasteiger partial charge in [-0.25, -0.2) is 0 Å². The van der Waals surface area contributed by atoms with Crippen molar-refractivity contribution in [2.75, 3.05) is 13.2 Å². The minimum absolute atomic E-state index is 0.0988. The molecule has 238 valence electrons. The van der Waals surface area contributed by atoms with Gasteiger partial charge >= 0.3 is 11.9 Å². The first kappa shape index (κ1) is 39.3. The van der Waals surface area contributed by atoms with Crippen molar-refractivity contribution in [1.82, 2.24) is 0 Å². The van der Waals surface area contributed by atoms with E-state index in [1.807, 2.05) is 12.2 Å².